The zero-order valence-electron chi connectivity index (χ0n) is 18.3. The normalized spacial score (nSPS) is 22.9. The Kier molecular flexibility index (Phi) is 6.41. The summed E-state index contributed by atoms with van der Waals surface area (Å²) in [6.45, 7) is 7.97. The second-order valence-corrected chi connectivity index (χ2v) is 9.35. The molecular formula is C23H28BrNO5. The third-order valence-corrected chi connectivity index (χ3v) is 6.25. The van der Waals surface area contributed by atoms with E-state index in [2.05, 4.69) is 29.8 Å². The lowest BCUT2D eigenvalue weighted by molar-refractivity contribution is -0.146. The second kappa shape index (κ2) is 8.53. The number of benzene rings is 1. The Bertz CT molecular complexity index is 947. The van der Waals surface area contributed by atoms with Crippen molar-refractivity contribution in [2.24, 2.45) is 16.3 Å². The molecule has 0 bridgehead atoms. The lowest BCUT2D eigenvalue weighted by atomic mass is 9.66. The van der Waals surface area contributed by atoms with Crippen LogP contribution in [-0.4, -0.2) is 38.3 Å². The first-order valence-electron chi connectivity index (χ1n) is 10.0. The van der Waals surface area contributed by atoms with Gasteiger partial charge >= 0.3 is 5.97 Å². The molecule has 1 aromatic rings. The van der Waals surface area contributed by atoms with Crippen molar-refractivity contribution < 1.29 is 23.8 Å². The first-order chi connectivity index (χ1) is 14.1. The first kappa shape index (κ1) is 22.5. The molecule has 1 heterocycles. The summed E-state index contributed by atoms with van der Waals surface area (Å²) in [5, 5.41) is 0. The van der Waals surface area contributed by atoms with Gasteiger partial charge in [0.2, 0.25) is 0 Å². The summed E-state index contributed by atoms with van der Waals surface area (Å²) in [6.07, 6.45) is 1.07. The van der Waals surface area contributed by atoms with Gasteiger partial charge in [-0.1, -0.05) is 13.8 Å². The third-order valence-electron chi connectivity index (χ3n) is 5.66. The first-order valence-corrected chi connectivity index (χ1v) is 10.8. The minimum Gasteiger partial charge on any atom is -0.497 e. The van der Waals surface area contributed by atoms with Crippen molar-refractivity contribution in [2.45, 2.75) is 46.5 Å². The average molecular weight is 478 g/mol. The Morgan fingerprint density at radius 2 is 1.93 bits per heavy atom. The van der Waals surface area contributed by atoms with E-state index in [0.29, 0.717) is 45.7 Å². The van der Waals surface area contributed by atoms with E-state index >= 15 is 0 Å². The van der Waals surface area contributed by atoms with Crippen LogP contribution >= 0.6 is 15.9 Å². The van der Waals surface area contributed by atoms with Gasteiger partial charge in [-0.25, -0.2) is 0 Å². The van der Waals surface area contributed by atoms with E-state index in [0.717, 1.165) is 5.70 Å². The summed E-state index contributed by atoms with van der Waals surface area (Å²) in [5.41, 5.74) is 2.50. The van der Waals surface area contributed by atoms with E-state index in [9.17, 15) is 9.59 Å². The number of ketones is 1. The molecule has 1 aliphatic carbocycles. The van der Waals surface area contributed by atoms with Crippen molar-refractivity contribution in [1.82, 2.24) is 0 Å². The van der Waals surface area contributed by atoms with Crippen molar-refractivity contribution >= 4 is 33.4 Å². The fourth-order valence-electron chi connectivity index (χ4n) is 4.47. The summed E-state index contributed by atoms with van der Waals surface area (Å²) < 4.78 is 17.2. The van der Waals surface area contributed by atoms with Gasteiger partial charge in [0.05, 0.1) is 25.3 Å². The van der Waals surface area contributed by atoms with Crippen LogP contribution < -0.4 is 9.47 Å². The maximum absolute atomic E-state index is 13.3. The highest BCUT2D eigenvalue weighted by atomic mass is 79.9. The average Bonchev–Trinajstić information content (AvgIpc) is 2.65. The fraction of sp³-hybridized carbons (Fsp3) is 0.522. The molecule has 30 heavy (non-hydrogen) atoms. The van der Waals surface area contributed by atoms with Gasteiger partial charge in [0.15, 0.2) is 5.78 Å². The van der Waals surface area contributed by atoms with Crippen molar-refractivity contribution in [3.8, 4) is 11.5 Å². The Balaban J connectivity index is 2.30. The number of hydrogen-bond acceptors (Lipinski definition) is 6. The molecule has 2 aliphatic rings. The highest BCUT2D eigenvalue weighted by molar-refractivity contribution is 9.10. The molecule has 1 aromatic carbocycles. The predicted octanol–water partition coefficient (Wildman–Crippen LogP) is 4.85. The van der Waals surface area contributed by atoms with Crippen molar-refractivity contribution in [3.63, 3.8) is 0 Å². The van der Waals surface area contributed by atoms with Gasteiger partial charge in [0.1, 0.15) is 17.4 Å². The van der Waals surface area contributed by atoms with Crippen LogP contribution in [0.25, 0.3) is 0 Å². The van der Waals surface area contributed by atoms with Gasteiger partial charge in [0.25, 0.3) is 0 Å². The molecule has 0 aromatic heterocycles. The highest BCUT2D eigenvalue weighted by Crippen LogP contribution is 2.51. The van der Waals surface area contributed by atoms with Crippen molar-refractivity contribution in [1.29, 1.82) is 0 Å². The molecule has 3 rings (SSSR count). The highest BCUT2D eigenvalue weighted by Gasteiger charge is 2.47. The minimum atomic E-state index is -0.707. The summed E-state index contributed by atoms with van der Waals surface area (Å²) in [6, 6.07) is 3.63. The quantitative estimate of drug-likeness (QED) is 0.566. The Morgan fingerprint density at radius 3 is 2.53 bits per heavy atom. The van der Waals surface area contributed by atoms with Crippen LogP contribution in [0.15, 0.2) is 32.9 Å². The number of hydrogen-bond donors (Lipinski definition) is 0. The molecule has 7 heteroatoms. The fourth-order valence-corrected chi connectivity index (χ4v) is 5.09. The molecule has 0 radical (unpaired) electrons. The SMILES string of the molecule is CCOC(=O)C1C(C)=NC2=C(C(=O)CC(C)(C)C2)[C@H]1c1cc(OC)cc(Br)c1OC. The van der Waals surface area contributed by atoms with Crippen LogP contribution in [0.2, 0.25) is 0 Å². The monoisotopic (exact) mass is 477 g/mol. The molecule has 0 amide bonds. The van der Waals surface area contributed by atoms with Crippen LogP contribution in [0.5, 0.6) is 11.5 Å². The number of Topliss-reactive ketones (excluding diaryl/α,β-unsaturated/α-hetero) is 1. The van der Waals surface area contributed by atoms with Crippen molar-refractivity contribution in [2.75, 3.05) is 20.8 Å². The number of carbonyl (C=O) groups is 2. The standard InChI is InChI=1S/C23H28BrNO5/c1-7-30-22(27)18-12(2)25-16-10-23(3,4)11-17(26)20(16)19(18)14-8-13(28-5)9-15(24)21(14)29-6/h8-9,18-19H,7,10-11H2,1-6H3/t18?,19-/m0/s1. The van der Waals surface area contributed by atoms with E-state index in [1.54, 1.807) is 27.2 Å². The molecule has 2 atom stereocenters. The summed E-state index contributed by atoms with van der Waals surface area (Å²) in [4.78, 5) is 31.1. The van der Waals surface area contributed by atoms with Gasteiger partial charge in [-0.15, -0.1) is 0 Å². The molecule has 0 N–H and O–H groups in total. The van der Waals surface area contributed by atoms with Gasteiger partial charge in [-0.3, -0.25) is 14.6 Å². The van der Waals surface area contributed by atoms with E-state index < -0.39 is 17.8 Å². The molecule has 162 valence electrons. The molecule has 0 saturated heterocycles. The Labute approximate surface area is 185 Å². The lowest BCUT2D eigenvalue weighted by Gasteiger charge is -2.39. The van der Waals surface area contributed by atoms with E-state index in [4.69, 9.17) is 19.2 Å². The zero-order valence-corrected chi connectivity index (χ0v) is 19.9. The molecule has 0 spiro atoms. The molecule has 0 fully saturated rings. The van der Waals surface area contributed by atoms with Gasteiger partial charge < -0.3 is 14.2 Å². The lowest BCUT2D eigenvalue weighted by Crippen LogP contribution is -2.39. The topological polar surface area (TPSA) is 74.2 Å². The van der Waals surface area contributed by atoms with Crippen LogP contribution in [0.3, 0.4) is 0 Å². The maximum atomic E-state index is 13.3. The van der Waals surface area contributed by atoms with E-state index in [-0.39, 0.29) is 17.8 Å². The smallest absolute Gasteiger partial charge is 0.315 e. The number of halogens is 1. The summed E-state index contributed by atoms with van der Waals surface area (Å²) in [7, 11) is 3.15. The molecule has 0 saturated carbocycles. The maximum Gasteiger partial charge on any atom is 0.315 e. The number of ether oxygens (including phenoxy) is 3. The summed E-state index contributed by atoms with van der Waals surface area (Å²) in [5.74, 6) is -0.476. The minimum absolute atomic E-state index is 0.0118. The van der Waals surface area contributed by atoms with Crippen LogP contribution in [0.4, 0.5) is 0 Å². The Morgan fingerprint density at radius 1 is 1.23 bits per heavy atom. The predicted molar refractivity (Wildman–Crippen MR) is 118 cm³/mol. The zero-order chi connectivity index (χ0) is 22.2. The largest absolute Gasteiger partial charge is 0.497 e. The number of esters is 1. The molecule has 1 unspecified atom stereocenters. The number of carbonyl (C=O) groups excluding carboxylic acids is 2. The third kappa shape index (κ3) is 4.04. The second-order valence-electron chi connectivity index (χ2n) is 8.49. The van der Waals surface area contributed by atoms with E-state index in [1.807, 2.05) is 13.0 Å². The Hall–Kier alpha value is -2.15. The number of aliphatic imine (C=N–C) groups is 1. The van der Waals surface area contributed by atoms with Crippen LogP contribution in [0, 0.1) is 11.3 Å². The summed E-state index contributed by atoms with van der Waals surface area (Å²) >= 11 is 3.54. The van der Waals surface area contributed by atoms with Crippen LogP contribution in [-0.2, 0) is 14.3 Å². The van der Waals surface area contributed by atoms with E-state index in [1.165, 1.54) is 0 Å². The molecule has 6 nitrogen and oxygen atoms in total. The van der Waals surface area contributed by atoms with Crippen molar-refractivity contribution in [3.05, 3.63) is 33.4 Å². The number of methoxy groups -OCH3 is 2. The van der Waals surface area contributed by atoms with Gasteiger partial charge in [-0.05, 0) is 53.7 Å². The number of rotatable bonds is 5. The number of nitrogens with zero attached hydrogens (tertiary/aromatic N) is 1. The molecular weight excluding hydrogens is 450 g/mol. The van der Waals surface area contributed by atoms with Crippen LogP contribution in [0.1, 0.15) is 52.0 Å². The van der Waals surface area contributed by atoms with Gasteiger partial charge in [-0.2, -0.15) is 0 Å². The number of allylic oxidation sites excluding steroid dienone is 2. The van der Waals surface area contributed by atoms with Gasteiger partial charge in [0, 0.05) is 34.9 Å². The molecule has 1 aliphatic heterocycles.